The van der Waals surface area contributed by atoms with Gasteiger partial charge in [-0.1, -0.05) is 0 Å². The fraction of sp³-hybridized carbons (Fsp3) is 0.643. The minimum atomic E-state index is -5.55. The number of ether oxygens (including phenoxy) is 1. The number of nitrogens with zero attached hydrogens (tertiary/aromatic N) is 4. The summed E-state index contributed by atoms with van der Waals surface area (Å²) in [6, 6.07) is 0. The quantitative estimate of drug-likeness (QED) is 0.242. The lowest BCUT2D eigenvalue weighted by Gasteiger charge is -2.26. The van der Waals surface area contributed by atoms with E-state index in [0.29, 0.717) is 0 Å². The van der Waals surface area contributed by atoms with Crippen LogP contribution < -0.4 is 5.73 Å². The first-order valence-electron chi connectivity index (χ1n) is 9.44. The van der Waals surface area contributed by atoms with Crippen molar-refractivity contribution in [3.63, 3.8) is 0 Å². The first kappa shape index (κ1) is 27.3. The normalized spacial score (nSPS) is 28.9. The van der Waals surface area contributed by atoms with Crippen LogP contribution in [0.2, 0.25) is 0 Å². The number of aliphatic hydroxyl groups excluding tert-OH is 2. The number of aromatic nitrogens is 4. The zero-order valence-electron chi connectivity index (χ0n) is 18.0. The maximum absolute atomic E-state index is 12.1. The summed E-state index contributed by atoms with van der Waals surface area (Å²) in [4.78, 5) is 40.9. The van der Waals surface area contributed by atoms with E-state index in [1.807, 2.05) is 0 Å². The molecule has 1 saturated heterocycles. The maximum Gasteiger partial charge on any atom is 0.488 e. The molecule has 0 amide bonds. The molecule has 192 valence electrons. The van der Waals surface area contributed by atoms with Crippen molar-refractivity contribution in [2.45, 2.75) is 50.5 Å². The summed E-state index contributed by atoms with van der Waals surface area (Å²) in [6.45, 7) is 2.79. The van der Waals surface area contributed by atoms with Gasteiger partial charge in [-0.25, -0.2) is 28.4 Å². The van der Waals surface area contributed by atoms with Crippen LogP contribution in [-0.4, -0.2) is 74.5 Å². The van der Waals surface area contributed by atoms with Gasteiger partial charge in [-0.3, -0.25) is 13.7 Å². The molecular weight excluding hydrogens is 523 g/mol. The van der Waals surface area contributed by atoms with Gasteiger partial charge in [-0.15, -0.1) is 0 Å². The number of fused-ring (bicyclic) bond motifs is 1. The number of anilines is 1. The summed E-state index contributed by atoms with van der Waals surface area (Å²) in [5.41, 5.74) is 6.08. The zero-order valence-corrected chi connectivity index (χ0v) is 20.7. The molecule has 1 fully saturated rings. The largest absolute Gasteiger partial charge is 0.488 e. The van der Waals surface area contributed by atoms with Crippen molar-refractivity contribution in [2.75, 3.05) is 12.3 Å². The second kappa shape index (κ2) is 9.28. The summed E-state index contributed by atoms with van der Waals surface area (Å²) < 4.78 is 55.7. The highest BCUT2D eigenvalue weighted by molar-refractivity contribution is 7.68. The predicted octanol–water partition coefficient (Wildman–Crippen LogP) is 0.262. The molecule has 20 heteroatoms. The number of imidazole rings is 1. The van der Waals surface area contributed by atoms with E-state index >= 15 is 0 Å². The SMILES string of the molecule is CC(C)(C)P(=O)(O)OP(=O)(O)OP(=O)(O)OC[C@H]1O[C@@H](n2cnc3c(N)ncnc32)[C@@H](O)C1O. The van der Waals surface area contributed by atoms with Crippen molar-refractivity contribution in [3.8, 4) is 0 Å². The highest BCUT2D eigenvalue weighted by Gasteiger charge is 2.48. The van der Waals surface area contributed by atoms with Crippen molar-refractivity contribution in [2.24, 2.45) is 0 Å². The molecule has 4 unspecified atom stereocenters. The number of phosphoric acid groups is 2. The van der Waals surface area contributed by atoms with Crippen LogP contribution in [0.5, 0.6) is 0 Å². The number of hydrogen-bond acceptors (Lipinski definition) is 13. The van der Waals surface area contributed by atoms with Crippen LogP contribution >= 0.6 is 23.2 Å². The van der Waals surface area contributed by atoms with E-state index in [1.165, 1.54) is 31.7 Å². The number of phosphoric ester groups is 1. The predicted molar refractivity (Wildman–Crippen MR) is 113 cm³/mol. The first-order chi connectivity index (χ1) is 15.4. The average molecular weight is 547 g/mol. The van der Waals surface area contributed by atoms with Crippen molar-refractivity contribution < 1.29 is 56.5 Å². The Hall–Kier alpha value is -1.32. The minimum Gasteiger partial charge on any atom is -0.387 e. The van der Waals surface area contributed by atoms with Crippen LogP contribution in [0, 0.1) is 0 Å². The molecule has 17 nitrogen and oxygen atoms in total. The fourth-order valence-corrected chi connectivity index (χ4v) is 6.81. The van der Waals surface area contributed by atoms with Gasteiger partial charge in [-0.2, -0.15) is 4.31 Å². The molecule has 0 bridgehead atoms. The summed E-state index contributed by atoms with van der Waals surface area (Å²) in [6.07, 6.45) is -3.52. The van der Waals surface area contributed by atoms with Gasteiger partial charge in [0, 0.05) is 0 Å². The molecule has 3 rings (SSSR count). The first-order valence-corrected chi connectivity index (χ1v) is 14.0. The molecule has 1 aliphatic heterocycles. The standard InChI is InChI=1S/C14H24N5O12P3/c1-14(2,3)32(22,23)30-34(26,27)31-33(24,25)28-4-7-9(20)10(21)13(29-7)19-6-18-8-11(15)16-5-17-12(8)19/h5-7,9-10,13,20-21H,4H2,1-3H3,(H,22,23)(H,24,25)(H,26,27)(H2,15,16,17)/t7-,9?,10+,13-/m1/s1. The number of nitrogens with two attached hydrogens (primary N) is 1. The molecule has 7 atom stereocenters. The van der Waals surface area contributed by atoms with Crippen molar-refractivity contribution in [1.29, 1.82) is 0 Å². The summed E-state index contributed by atoms with van der Waals surface area (Å²) in [5.74, 6) is 0.0598. The Balaban J connectivity index is 1.68. The molecule has 3 heterocycles. The van der Waals surface area contributed by atoms with Crippen molar-refractivity contribution in [3.05, 3.63) is 12.7 Å². The second-order valence-electron chi connectivity index (χ2n) is 8.22. The number of aliphatic hydroxyl groups is 2. The van der Waals surface area contributed by atoms with E-state index in [9.17, 15) is 38.6 Å². The third kappa shape index (κ3) is 5.73. The third-order valence-corrected chi connectivity index (χ3v) is 10.2. The van der Waals surface area contributed by atoms with Crippen molar-refractivity contribution in [1.82, 2.24) is 19.5 Å². The highest BCUT2D eigenvalue weighted by Crippen LogP contribution is 2.70. The van der Waals surface area contributed by atoms with E-state index in [2.05, 4.69) is 28.1 Å². The van der Waals surface area contributed by atoms with Gasteiger partial charge in [0.1, 0.15) is 30.2 Å². The van der Waals surface area contributed by atoms with Crippen LogP contribution in [-0.2, 0) is 31.6 Å². The molecule has 34 heavy (non-hydrogen) atoms. The zero-order chi connectivity index (χ0) is 25.7. The van der Waals surface area contributed by atoms with Crippen LogP contribution in [0.15, 0.2) is 12.7 Å². The van der Waals surface area contributed by atoms with Gasteiger partial charge in [-0.05, 0) is 20.8 Å². The second-order valence-corrected chi connectivity index (χ2v) is 14.0. The average Bonchev–Trinajstić information content (AvgIpc) is 3.20. The molecule has 1 aliphatic rings. The molecule has 2 aromatic heterocycles. The fourth-order valence-electron chi connectivity index (χ4n) is 2.75. The molecule has 2 aromatic rings. The van der Waals surface area contributed by atoms with Crippen molar-refractivity contribution >= 4 is 40.2 Å². The van der Waals surface area contributed by atoms with Gasteiger partial charge in [0.25, 0.3) is 0 Å². The topological polar surface area (TPSA) is 259 Å². The van der Waals surface area contributed by atoms with Gasteiger partial charge >= 0.3 is 23.2 Å². The maximum atomic E-state index is 12.1. The molecule has 0 spiro atoms. The van der Waals surface area contributed by atoms with E-state index in [-0.39, 0.29) is 17.0 Å². The van der Waals surface area contributed by atoms with Gasteiger partial charge in [0.15, 0.2) is 17.7 Å². The summed E-state index contributed by atoms with van der Waals surface area (Å²) in [7, 11) is -15.7. The molecule has 7 N–H and O–H groups in total. The number of nitrogen functional groups attached to an aromatic ring is 1. The van der Waals surface area contributed by atoms with Gasteiger partial charge < -0.3 is 35.4 Å². The number of hydrogen-bond donors (Lipinski definition) is 6. The summed E-state index contributed by atoms with van der Waals surface area (Å²) in [5, 5.41) is 19.1. The molecular formula is C14H24N5O12P3. The lowest BCUT2D eigenvalue weighted by atomic mass is 10.1. The Morgan fingerprint density at radius 2 is 1.71 bits per heavy atom. The molecule has 0 aliphatic carbocycles. The van der Waals surface area contributed by atoms with E-state index in [0.717, 1.165) is 6.33 Å². The van der Waals surface area contributed by atoms with Crippen LogP contribution in [0.3, 0.4) is 0 Å². The number of rotatable bonds is 8. The smallest absolute Gasteiger partial charge is 0.387 e. The Bertz CT molecular complexity index is 1200. The van der Waals surface area contributed by atoms with Gasteiger partial charge in [0.05, 0.1) is 18.1 Å². The van der Waals surface area contributed by atoms with Crippen LogP contribution in [0.25, 0.3) is 11.2 Å². The van der Waals surface area contributed by atoms with Crippen LogP contribution in [0.4, 0.5) is 5.82 Å². The lowest BCUT2D eigenvalue weighted by molar-refractivity contribution is -0.0503. The van der Waals surface area contributed by atoms with E-state index in [4.69, 9.17) is 10.5 Å². The summed E-state index contributed by atoms with van der Waals surface area (Å²) >= 11 is 0. The Morgan fingerprint density at radius 3 is 2.32 bits per heavy atom. The Labute approximate surface area is 192 Å². The minimum absolute atomic E-state index is 0.0598. The van der Waals surface area contributed by atoms with E-state index < -0.39 is 59.5 Å². The third-order valence-electron chi connectivity index (χ3n) is 4.67. The van der Waals surface area contributed by atoms with E-state index in [1.54, 1.807) is 0 Å². The highest BCUT2D eigenvalue weighted by atomic mass is 31.3. The lowest BCUT2D eigenvalue weighted by Crippen LogP contribution is -2.33. The molecule has 0 saturated carbocycles. The van der Waals surface area contributed by atoms with Crippen LogP contribution in [0.1, 0.15) is 27.0 Å². The monoisotopic (exact) mass is 547 g/mol. The molecule has 0 radical (unpaired) electrons. The Morgan fingerprint density at radius 1 is 1.06 bits per heavy atom. The molecule has 0 aromatic carbocycles. The van der Waals surface area contributed by atoms with Gasteiger partial charge in [0.2, 0.25) is 0 Å². The Kier molecular flexibility index (Phi) is 7.44.